The van der Waals surface area contributed by atoms with E-state index in [2.05, 4.69) is 35.3 Å². The molecule has 0 aliphatic heterocycles. The van der Waals surface area contributed by atoms with Crippen LogP contribution in [0.3, 0.4) is 0 Å². The molecule has 0 fully saturated rings. The van der Waals surface area contributed by atoms with Crippen molar-refractivity contribution in [2.45, 2.75) is 40.3 Å². The molecule has 0 saturated carbocycles. The molecule has 4 nitrogen and oxygen atoms in total. The molecule has 2 rings (SSSR count). The van der Waals surface area contributed by atoms with Crippen molar-refractivity contribution in [3.63, 3.8) is 0 Å². The molecule has 18 heavy (non-hydrogen) atoms. The summed E-state index contributed by atoms with van der Waals surface area (Å²) in [6.45, 7) is 9.21. The standard InChI is InChI=1S/C14H20N4/c1-10(2)15-8-13-5-6-14(17-12(13)4)18-9-11(3)7-16-18/h5-7,9-10,15H,8H2,1-4H3. The van der Waals surface area contributed by atoms with E-state index >= 15 is 0 Å². The molecular weight excluding hydrogens is 224 g/mol. The first-order chi connectivity index (χ1) is 8.56. The monoisotopic (exact) mass is 244 g/mol. The number of hydrogen-bond donors (Lipinski definition) is 1. The van der Waals surface area contributed by atoms with Gasteiger partial charge in [-0.05, 0) is 31.0 Å². The van der Waals surface area contributed by atoms with Crippen molar-refractivity contribution < 1.29 is 0 Å². The minimum Gasteiger partial charge on any atom is -0.310 e. The van der Waals surface area contributed by atoms with E-state index in [1.165, 1.54) is 5.56 Å². The van der Waals surface area contributed by atoms with E-state index in [4.69, 9.17) is 0 Å². The van der Waals surface area contributed by atoms with Gasteiger partial charge in [0.25, 0.3) is 0 Å². The molecule has 2 aromatic heterocycles. The second kappa shape index (κ2) is 5.31. The van der Waals surface area contributed by atoms with E-state index in [1.54, 1.807) is 0 Å². The summed E-state index contributed by atoms with van der Waals surface area (Å²) in [5.41, 5.74) is 3.42. The van der Waals surface area contributed by atoms with Crippen LogP contribution in [-0.4, -0.2) is 20.8 Å². The van der Waals surface area contributed by atoms with Crippen molar-refractivity contribution in [3.05, 3.63) is 41.3 Å². The summed E-state index contributed by atoms with van der Waals surface area (Å²) >= 11 is 0. The summed E-state index contributed by atoms with van der Waals surface area (Å²) in [5, 5.41) is 7.67. The van der Waals surface area contributed by atoms with E-state index < -0.39 is 0 Å². The summed E-state index contributed by atoms with van der Waals surface area (Å²) < 4.78 is 1.81. The number of nitrogens with one attached hydrogen (secondary N) is 1. The quantitative estimate of drug-likeness (QED) is 0.898. The molecule has 0 bridgehead atoms. The smallest absolute Gasteiger partial charge is 0.153 e. The summed E-state index contributed by atoms with van der Waals surface area (Å²) in [7, 11) is 0. The maximum Gasteiger partial charge on any atom is 0.153 e. The second-order valence-electron chi connectivity index (χ2n) is 4.91. The van der Waals surface area contributed by atoms with Crippen molar-refractivity contribution in [1.82, 2.24) is 20.1 Å². The highest BCUT2D eigenvalue weighted by molar-refractivity contribution is 5.30. The zero-order valence-corrected chi connectivity index (χ0v) is 11.4. The van der Waals surface area contributed by atoms with Crippen LogP contribution in [0.2, 0.25) is 0 Å². The lowest BCUT2D eigenvalue weighted by molar-refractivity contribution is 0.586. The molecule has 0 radical (unpaired) electrons. The normalized spacial score (nSPS) is 11.2. The summed E-state index contributed by atoms with van der Waals surface area (Å²) in [4.78, 5) is 4.60. The maximum absolute atomic E-state index is 4.60. The number of aryl methyl sites for hydroxylation is 2. The van der Waals surface area contributed by atoms with E-state index in [0.717, 1.165) is 23.6 Å². The highest BCUT2D eigenvalue weighted by atomic mass is 15.3. The van der Waals surface area contributed by atoms with Gasteiger partial charge in [-0.1, -0.05) is 19.9 Å². The zero-order chi connectivity index (χ0) is 13.1. The Morgan fingerprint density at radius 3 is 2.61 bits per heavy atom. The molecule has 0 unspecified atom stereocenters. The van der Waals surface area contributed by atoms with Crippen molar-refractivity contribution >= 4 is 0 Å². The highest BCUT2D eigenvalue weighted by Crippen LogP contribution is 2.10. The largest absolute Gasteiger partial charge is 0.310 e. The fourth-order valence-electron chi connectivity index (χ4n) is 1.74. The molecule has 0 amide bonds. The minimum atomic E-state index is 0.484. The van der Waals surface area contributed by atoms with Crippen molar-refractivity contribution in [3.8, 4) is 5.82 Å². The molecule has 0 aromatic carbocycles. The zero-order valence-electron chi connectivity index (χ0n) is 11.4. The maximum atomic E-state index is 4.60. The van der Waals surface area contributed by atoms with Crippen molar-refractivity contribution in [1.29, 1.82) is 0 Å². The number of nitrogens with zero attached hydrogens (tertiary/aromatic N) is 3. The van der Waals surface area contributed by atoms with E-state index in [-0.39, 0.29) is 0 Å². The van der Waals surface area contributed by atoms with Gasteiger partial charge in [-0.15, -0.1) is 0 Å². The van der Waals surface area contributed by atoms with Gasteiger partial charge in [0.1, 0.15) is 0 Å². The number of rotatable bonds is 4. The summed E-state index contributed by atoms with van der Waals surface area (Å²) in [6.07, 6.45) is 3.82. The van der Waals surface area contributed by atoms with Crippen LogP contribution in [0.4, 0.5) is 0 Å². The second-order valence-corrected chi connectivity index (χ2v) is 4.91. The molecule has 2 aromatic rings. The lowest BCUT2D eigenvalue weighted by Crippen LogP contribution is -2.22. The van der Waals surface area contributed by atoms with Gasteiger partial charge in [0.2, 0.25) is 0 Å². The number of pyridine rings is 1. The Bertz CT molecular complexity index is 528. The van der Waals surface area contributed by atoms with Crippen LogP contribution < -0.4 is 5.32 Å². The van der Waals surface area contributed by atoms with Gasteiger partial charge in [-0.3, -0.25) is 0 Å². The number of hydrogen-bond acceptors (Lipinski definition) is 3. The first kappa shape index (κ1) is 12.8. The van der Waals surface area contributed by atoms with Gasteiger partial charge in [0, 0.05) is 24.5 Å². The third kappa shape index (κ3) is 2.96. The summed E-state index contributed by atoms with van der Waals surface area (Å²) in [6, 6.07) is 4.61. The van der Waals surface area contributed by atoms with Crippen LogP contribution in [0, 0.1) is 13.8 Å². The van der Waals surface area contributed by atoms with E-state index in [1.807, 2.05) is 37.0 Å². The van der Waals surface area contributed by atoms with Crippen LogP contribution in [0.25, 0.3) is 5.82 Å². The lowest BCUT2D eigenvalue weighted by atomic mass is 10.2. The molecule has 0 saturated heterocycles. The number of aromatic nitrogens is 3. The Labute approximate surface area is 108 Å². The van der Waals surface area contributed by atoms with Crippen LogP contribution in [0.5, 0.6) is 0 Å². The Morgan fingerprint density at radius 2 is 2.06 bits per heavy atom. The van der Waals surface area contributed by atoms with E-state index in [9.17, 15) is 0 Å². The third-order valence-electron chi connectivity index (χ3n) is 2.83. The molecule has 0 aliphatic carbocycles. The Morgan fingerprint density at radius 1 is 1.28 bits per heavy atom. The topological polar surface area (TPSA) is 42.7 Å². The molecule has 2 heterocycles. The predicted molar refractivity (Wildman–Crippen MR) is 72.8 cm³/mol. The molecule has 0 aliphatic rings. The Kier molecular flexibility index (Phi) is 3.77. The average molecular weight is 244 g/mol. The van der Waals surface area contributed by atoms with Crippen LogP contribution in [-0.2, 0) is 6.54 Å². The van der Waals surface area contributed by atoms with Crippen LogP contribution >= 0.6 is 0 Å². The third-order valence-corrected chi connectivity index (χ3v) is 2.83. The van der Waals surface area contributed by atoms with Crippen molar-refractivity contribution in [2.24, 2.45) is 0 Å². The van der Waals surface area contributed by atoms with Gasteiger partial charge >= 0.3 is 0 Å². The van der Waals surface area contributed by atoms with Gasteiger partial charge in [0.15, 0.2) is 5.82 Å². The molecule has 96 valence electrons. The first-order valence-corrected chi connectivity index (χ1v) is 6.28. The average Bonchev–Trinajstić information content (AvgIpc) is 2.74. The molecule has 0 atom stereocenters. The van der Waals surface area contributed by atoms with Crippen LogP contribution in [0.15, 0.2) is 24.5 Å². The Hall–Kier alpha value is -1.68. The molecule has 0 spiro atoms. The first-order valence-electron chi connectivity index (χ1n) is 6.28. The fraction of sp³-hybridized carbons (Fsp3) is 0.429. The van der Waals surface area contributed by atoms with E-state index in [0.29, 0.717) is 6.04 Å². The highest BCUT2D eigenvalue weighted by Gasteiger charge is 2.05. The minimum absolute atomic E-state index is 0.484. The van der Waals surface area contributed by atoms with Crippen molar-refractivity contribution in [2.75, 3.05) is 0 Å². The van der Waals surface area contributed by atoms with Gasteiger partial charge in [-0.2, -0.15) is 5.10 Å². The van der Waals surface area contributed by atoms with Gasteiger partial charge in [-0.25, -0.2) is 9.67 Å². The lowest BCUT2D eigenvalue weighted by Gasteiger charge is -2.11. The molecule has 1 N–H and O–H groups in total. The SMILES string of the molecule is Cc1cnn(-c2ccc(CNC(C)C)c(C)n2)c1. The Balaban J connectivity index is 2.19. The van der Waals surface area contributed by atoms with Gasteiger partial charge in [0.05, 0.1) is 6.20 Å². The van der Waals surface area contributed by atoms with Crippen LogP contribution in [0.1, 0.15) is 30.7 Å². The summed E-state index contributed by atoms with van der Waals surface area (Å²) in [5.74, 6) is 0.869. The predicted octanol–water partition coefficient (Wildman–Crippen LogP) is 2.38. The fourth-order valence-corrected chi connectivity index (χ4v) is 1.74. The molecule has 4 heteroatoms. The molecular formula is C14H20N4. The van der Waals surface area contributed by atoms with Gasteiger partial charge < -0.3 is 5.32 Å².